The van der Waals surface area contributed by atoms with Crippen LogP contribution in [0.5, 0.6) is 5.75 Å². The number of ether oxygens (including phenoxy) is 1. The molecule has 0 aliphatic heterocycles. The van der Waals surface area contributed by atoms with E-state index in [9.17, 15) is 9.59 Å². The lowest BCUT2D eigenvalue weighted by Gasteiger charge is -2.11. The van der Waals surface area contributed by atoms with Gasteiger partial charge in [-0.1, -0.05) is 39.0 Å². The lowest BCUT2D eigenvalue weighted by molar-refractivity contribution is -0.118. The topological polar surface area (TPSA) is 67.4 Å². The zero-order valence-electron chi connectivity index (χ0n) is 15.5. The first kappa shape index (κ1) is 19.5. The molecular weight excluding hydrogens is 328 g/mol. The minimum absolute atomic E-state index is 0.0716. The molecule has 2 amide bonds. The van der Waals surface area contributed by atoms with Crippen LogP contribution in [0.2, 0.25) is 0 Å². The molecule has 0 saturated heterocycles. The fraction of sp³-hybridized carbons (Fsp3) is 0.333. The van der Waals surface area contributed by atoms with Crippen molar-refractivity contribution >= 4 is 23.2 Å². The van der Waals surface area contributed by atoms with E-state index in [2.05, 4.69) is 24.5 Å². The number of amides is 2. The van der Waals surface area contributed by atoms with Crippen LogP contribution in [-0.2, 0) is 9.59 Å². The van der Waals surface area contributed by atoms with Crippen LogP contribution in [0.4, 0.5) is 11.4 Å². The molecule has 0 aliphatic rings. The number of anilines is 2. The van der Waals surface area contributed by atoms with Crippen molar-refractivity contribution in [2.24, 2.45) is 0 Å². The third-order valence-electron chi connectivity index (χ3n) is 4.18. The van der Waals surface area contributed by atoms with E-state index >= 15 is 0 Å². The van der Waals surface area contributed by atoms with Crippen LogP contribution in [0.3, 0.4) is 0 Å². The van der Waals surface area contributed by atoms with Crippen LogP contribution >= 0.6 is 0 Å². The van der Waals surface area contributed by atoms with Crippen LogP contribution < -0.4 is 15.4 Å². The average molecular weight is 354 g/mol. The van der Waals surface area contributed by atoms with E-state index in [-0.39, 0.29) is 18.4 Å². The molecule has 5 heteroatoms. The van der Waals surface area contributed by atoms with Crippen LogP contribution in [0.15, 0.2) is 48.5 Å². The second kappa shape index (κ2) is 9.61. The van der Waals surface area contributed by atoms with Gasteiger partial charge < -0.3 is 15.4 Å². The minimum Gasteiger partial charge on any atom is -0.484 e. The summed E-state index contributed by atoms with van der Waals surface area (Å²) < 4.78 is 5.54. The Morgan fingerprint density at radius 3 is 2.15 bits per heavy atom. The van der Waals surface area contributed by atoms with Gasteiger partial charge in [0.15, 0.2) is 6.61 Å². The number of carbonyl (C=O) groups is 2. The molecule has 2 aromatic rings. The Labute approximate surface area is 154 Å². The van der Waals surface area contributed by atoms with Gasteiger partial charge >= 0.3 is 0 Å². The summed E-state index contributed by atoms with van der Waals surface area (Å²) in [7, 11) is 0. The molecule has 2 aromatic carbocycles. The van der Waals surface area contributed by atoms with E-state index in [0.717, 1.165) is 6.42 Å². The van der Waals surface area contributed by atoms with Gasteiger partial charge in [0.2, 0.25) is 5.91 Å². The molecule has 0 aliphatic carbocycles. The van der Waals surface area contributed by atoms with Crippen molar-refractivity contribution in [1.82, 2.24) is 0 Å². The number of rotatable bonds is 8. The second-order valence-electron chi connectivity index (χ2n) is 6.20. The molecule has 0 heterocycles. The molecule has 26 heavy (non-hydrogen) atoms. The van der Waals surface area contributed by atoms with E-state index in [1.165, 1.54) is 5.56 Å². The third kappa shape index (κ3) is 5.92. The van der Waals surface area contributed by atoms with Crippen LogP contribution in [-0.4, -0.2) is 18.4 Å². The molecule has 0 bridgehead atoms. The Morgan fingerprint density at radius 2 is 1.58 bits per heavy atom. The van der Waals surface area contributed by atoms with Crippen molar-refractivity contribution in [2.75, 3.05) is 17.2 Å². The van der Waals surface area contributed by atoms with E-state index < -0.39 is 0 Å². The van der Waals surface area contributed by atoms with Gasteiger partial charge in [-0.3, -0.25) is 9.59 Å². The minimum atomic E-state index is -0.255. The molecule has 0 spiro atoms. The van der Waals surface area contributed by atoms with Gasteiger partial charge in [-0.25, -0.2) is 0 Å². The van der Waals surface area contributed by atoms with Gasteiger partial charge in [0.05, 0.1) is 0 Å². The molecule has 5 nitrogen and oxygen atoms in total. The first-order chi connectivity index (χ1) is 12.5. The lowest BCUT2D eigenvalue weighted by atomic mass is 9.99. The molecule has 0 aromatic heterocycles. The molecule has 1 atom stereocenters. The van der Waals surface area contributed by atoms with E-state index in [0.29, 0.717) is 29.5 Å². The van der Waals surface area contributed by atoms with Gasteiger partial charge in [-0.05, 0) is 48.2 Å². The normalized spacial score (nSPS) is 11.5. The fourth-order valence-corrected chi connectivity index (χ4v) is 2.40. The van der Waals surface area contributed by atoms with Gasteiger partial charge in [0, 0.05) is 17.8 Å². The van der Waals surface area contributed by atoms with Crippen molar-refractivity contribution in [3.05, 3.63) is 54.1 Å². The summed E-state index contributed by atoms with van der Waals surface area (Å²) in [5.41, 5.74) is 2.52. The molecule has 0 saturated carbocycles. The molecule has 2 N–H and O–H groups in total. The van der Waals surface area contributed by atoms with Crippen LogP contribution in [0, 0.1) is 0 Å². The van der Waals surface area contributed by atoms with Crippen molar-refractivity contribution in [3.8, 4) is 5.75 Å². The Balaban J connectivity index is 1.87. The maximum atomic E-state index is 12.1. The van der Waals surface area contributed by atoms with Gasteiger partial charge in [0.1, 0.15) is 5.75 Å². The maximum absolute atomic E-state index is 12.1. The molecule has 0 fully saturated rings. The van der Waals surface area contributed by atoms with Crippen molar-refractivity contribution in [1.29, 1.82) is 0 Å². The van der Waals surface area contributed by atoms with Gasteiger partial charge in [-0.2, -0.15) is 0 Å². The van der Waals surface area contributed by atoms with E-state index in [4.69, 9.17) is 4.74 Å². The lowest BCUT2D eigenvalue weighted by Crippen LogP contribution is -2.20. The third-order valence-corrected chi connectivity index (χ3v) is 4.18. The first-order valence-corrected chi connectivity index (χ1v) is 8.94. The first-order valence-electron chi connectivity index (χ1n) is 8.94. The highest BCUT2D eigenvalue weighted by Crippen LogP contribution is 2.21. The summed E-state index contributed by atoms with van der Waals surface area (Å²) in [4.78, 5) is 23.5. The number of benzene rings is 2. The quantitative estimate of drug-likeness (QED) is 0.730. The highest BCUT2D eigenvalue weighted by Gasteiger charge is 2.07. The fourth-order valence-electron chi connectivity index (χ4n) is 2.40. The summed E-state index contributed by atoms with van der Waals surface area (Å²) in [6.45, 7) is 6.05. The van der Waals surface area contributed by atoms with Gasteiger partial charge in [0.25, 0.3) is 5.91 Å². The Hall–Kier alpha value is -2.82. The van der Waals surface area contributed by atoms with Crippen LogP contribution in [0.25, 0.3) is 0 Å². The average Bonchev–Trinajstić information content (AvgIpc) is 2.66. The predicted octanol–water partition coefficient (Wildman–Crippen LogP) is 4.57. The largest absolute Gasteiger partial charge is 0.484 e. The second-order valence-corrected chi connectivity index (χ2v) is 6.20. The number of hydrogen-bond acceptors (Lipinski definition) is 3. The number of nitrogens with one attached hydrogen (secondary N) is 2. The number of hydrogen-bond donors (Lipinski definition) is 2. The standard InChI is InChI=1S/C21H26N2O3/c1-4-15(3)16-9-11-19(12-10-16)26-14-21(25)23-18-8-6-7-17(13-18)22-20(24)5-2/h6-13,15H,4-5,14H2,1-3H3,(H,22,24)(H,23,25). The van der Waals surface area contributed by atoms with E-state index in [1.54, 1.807) is 31.2 Å². The maximum Gasteiger partial charge on any atom is 0.262 e. The molecular formula is C21H26N2O3. The molecule has 138 valence electrons. The van der Waals surface area contributed by atoms with Crippen LogP contribution in [0.1, 0.15) is 45.1 Å². The summed E-state index contributed by atoms with van der Waals surface area (Å²) in [5.74, 6) is 0.844. The molecule has 0 radical (unpaired) electrons. The predicted molar refractivity (Wildman–Crippen MR) is 105 cm³/mol. The summed E-state index contributed by atoms with van der Waals surface area (Å²) in [5, 5.41) is 5.53. The Kier molecular flexibility index (Phi) is 7.21. The highest BCUT2D eigenvalue weighted by molar-refractivity contribution is 5.94. The zero-order valence-corrected chi connectivity index (χ0v) is 15.5. The summed E-state index contributed by atoms with van der Waals surface area (Å²) >= 11 is 0. The van der Waals surface area contributed by atoms with Gasteiger partial charge in [-0.15, -0.1) is 0 Å². The zero-order chi connectivity index (χ0) is 18.9. The summed E-state index contributed by atoms with van der Waals surface area (Å²) in [6.07, 6.45) is 1.49. The molecule has 2 rings (SSSR count). The van der Waals surface area contributed by atoms with Crippen molar-refractivity contribution in [2.45, 2.75) is 39.5 Å². The summed E-state index contributed by atoms with van der Waals surface area (Å²) in [6, 6.07) is 14.9. The smallest absolute Gasteiger partial charge is 0.262 e. The number of carbonyl (C=O) groups excluding carboxylic acids is 2. The SMILES string of the molecule is CCC(=O)Nc1cccc(NC(=O)COc2ccc(C(C)CC)cc2)c1. The van der Waals surface area contributed by atoms with E-state index in [1.807, 2.05) is 24.3 Å². The van der Waals surface area contributed by atoms with Crippen molar-refractivity contribution < 1.29 is 14.3 Å². The van der Waals surface area contributed by atoms with Crippen molar-refractivity contribution in [3.63, 3.8) is 0 Å². The Bertz CT molecular complexity index is 741. The monoisotopic (exact) mass is 354 g/mol. The highest BCUT2D eigenvalue weighted by atomic mass is 16.5. The Morgan fingerprint density at radius 1 is 0.962 bits per heavy atom. The molecule has 1 unspecified atom stereocenters.